The van der Waals surface area contributed by atoms with Crippen LogP contribution in [0.3, 0.4) is 0 Å². The van der Waals surface area contributed by atoms with Crippen molar-refractivity contribution in [2.45, 2.75) is 97.2 Å². The number of aromatic nitrogens is 1. The molecule has 218 valence electrons. The monoisotopic (exact) mass is 613 g/mol. The van der Waals surface area contributed by atoms with E-state index in [-0.39, 0.29) is 40.5 Å². The minimum Gasteiger partial charge on any atom is -0.493 e. The number of halogens is 1. The van der Waals surface area contributed by atoms with Crippen molar-refractivity contribution in [3.63, 3.8) is 0 Å². The lowest BCUT2D eigenvalue weighted by Crippen LogP contribution is -2.58. The molecule has 4 N–H and O–H groups in total. The predicted molar refractivity (Wildman–Crippen MR) is 158 cm³/mol. The molecule has 4 aliphatic carbocycles. The Kier molecular flexibility index (Phi) is 7.44. The van der Waals surface area contributed by atoms with Crippen LogP contribution in [0.1, 0.15) is 85.0 Å². The van der Waals surface area contributed by atoms with Crippen molar-refractivity contribution in [1.29, 1.82) is 0 Å². The number of nitrogens with zero attached hydrogens (tertiary/aromatic N) is 2. The molecule has 4 aliphatic rings. The van der Waals surface area contributed by atoms with Crippen molar-refractivity contribution in [1.82, 2.24) is 4.98 Å². The highest BCUT2D eigenvalue weighted by molar-refractivity contribution is 9.10. The summed E-state index contributed by atoms with van der Waals surface area (Å²) in [5, 5.41) is 40.9. The standard InChI is InChI=1S/C32H44BrN3O4/c1-17(4-9-27(39)35-36-29-21-16-19(33)5-8-25(21)34-30(29)40)22-6-7-23-28-24(11-13-32(22,23)3)31(2)12-10-20(37)14-18(31)15-26(28)38/h5,8,16-18,20,22-24,26,28,34,37-38,40H,4,6-7,9-15H2,1-3H3/t17-,18-,20+,22+,23-,24-,26-,28-,31+,32-/m1/s1. The summed E-state index contributed by atoms with van der Waals surface area (Å²) in [6.07, 6.45) is 8.98. The maximum absolute atomic E-state index is 12.7. The Bertz CT molecular complexity index is 1310. The third-order valence-electron chi connectivity index (χ3n) is 12.2. The van der Waals surface area contributed by atoms with Gasteiger partial charge in [0, 0.05) is 16.3 Å². The summed E-state index contributed by atoms with van der Waals surface area (Å²) >= 11 is 3.44. The highest BCUT2D eigenvalue weighted by Gasteiger charge is 2.62. The van der Waals surface area contributed by atoms with Crippen LogP contribution >= 0.6 is 15.9 Å². The van der Waals surface area contributed by atoms with E-state index in [1.165, 1.54) is 12.8 Å². The van der Waals surface area contributed by atoms with Crippen molar-refractivity contribution in [2.75, 3.05) is 0 Å². The zero-order valence-electron chi connectivity index (χ0n) is 23.9. The Balaban J connectivity index is 1.11. The summed E-state index contributed by atoms with van der Waals surface area (Å²) in [4.78, 5) is 15.6. The summed E-state index contributed by atoms with van der Waals surface area (Å²) < 4.78 is 0.861. The van der Waals surface area contributed by atoms with E-state index in [0.717, 1.165) is 54.9 Å². The number of carbonyl (C=O) groups is 1. The summed E-state index contributed by atoms with van der Waals surface area (Å²) in [5.74, 6) is 2.42. The van der Waals surface area contributed by atoms with Crippen molar-refractivity contribution in [2.24, 2.45) is 56.6 Å². The summed E-state index contributed by atoms with van der Waals surface area (Å²) in [6, 6.07) is 5.56. The SMILES string of the molecule is C[C@H](CCC(=O)N=Nc1c(O)[nH]c2ccc(Br)cc12)[C@@H]1CC[C@@H]2[C@H]3[C@H](O)C[C@H]4C[C@@H](O)CC[C@]4(C)[C@@H]3CC[C@@]21C. The van der Waals surface area contributed by atoms with E-state index >= 15 is 0 Å². The Morgan fingerprint density at radius 3 is 2.65 bits per heavy atom. The molecular weight excluding hydrogens is 570 g/mol. The van der Waals surface area contributed by atoms with Gasteiger partial charge in [-0.3, -0.25) is 4.79 Å². The average molecular weight is 615 g/mol. The first-order chi connectivity index (χ1) is 19.0. The van der Waals surface area contributed by atoms with Crippen LogP contribution in [0.15, 0.2) is 32.9 Å². The predicted octanol–water partition coefficient (Wildman–Crippen LogP) is 7.65. The van der Waals surface area contributed by atoms with Crippen LogP contribution < -0.4 is 0 Å². The van der Waals surface area contributed by atoms with Crippen molar-refractivity contribution in [3.8, 4) is 5.88 Å². The second kappa shape index (κ2) is 10.5. The van der Waals surface area contributed by atoms with Gasteiger partial charge in [-0.25, -0.2) is 0 Å². The summed E-state index contributed by atoms with van der Waals surface area (Å²) in [5.41, 5.74) is 1.45. The molecule has 8 heteroatoms. The van der Waals surface area contributed by atoms with E-state index in [4.69, 9.17) is 0 Å². The Hall–Kier alpha value is -1.77. The van der Waals surface area contributed by atoms with E-state index in [1.54, 1.807) is 0 Å². The van der Waals surface area contributed by atoms with Crippen LogP contribution in [-0.2, 0) is 4.79 Å². The first kappa shape index (κ1) is 28.4. The Morgan fingerprint density at radius 2 is 1.85 bits per heavy atom. The zero-order valence-corrected chi connectivity index (χ0v) is 25.5. The van der Waals surface area contributed by atoms with Gasteiger partial charge in [0.15, 0.2) is 5.69 Å². The minimum atomic E-state index is -0.268. The van der Waals surface area contributed by atoms with Gasteiger partial charge in [-0.15, -0.1) is 10.2 Å². The van der Waals surface area contributed by atoms with Gasteiger partial charge in [-0.05, 0) is 122 Å². The lowest BCUT2D eigenvalue weighted by atomic mass is 9.43. The highest BCUT2D eigenvalue weighted by Crippen LogP contribution is 2.68. The molecule has 0 unspecified atom stereocenters. The van der Waals surface area contributed by atoms with Gasteiger partial charge in [0.2, 0.25) is 5.88 Å². The quantitative estimate of drug-likeness (QED) is 0.259. The van der Waals surface area contributed by atoms with E-state index < -0.39 is 0 Å². The van der Waals surface area contributed by atoms with Gasteiger partial charge in [0.25, 0.3) is 5.91 Å². The number of aromatic amines is 1. The fraction of sp³-hybridized carbons (Fsp3) is 0.719. The third kappa shape index (κ3) is 4.66. The lowest BCUT2D eigenvalue weighted by molar-refractivity contribution is -0.174. The number of benzene rings is 1. The molecule has 1 amide bonds. The number of azo groups is 1. The third-order valence-corrected chi connectivity index (χ3v) is 12.7. The van der Waals surface area contributed by atoms with Crippen LogP contribution in [0.2, 0.25) is 0 Å². The molecule has 4 saturated carbocycles. The smallest absolute Gasteiger partial charge is 0.264 e. The number of hydrogen-bond donors (Lipinski definition) is 4. The van der Waals surface area contributed by atoms with E-state index in [9.17, 15) is 20.1 Å². The van der Waals surface area contributed by atoms with Gasteiger partial charge in [-0.2, -0.15) is 0 Å². The second-order valence-corrected chi connectivity index (χ2v) is 15.0. The highest BCUT2D eigenvalue weighted by atomic mass is 79.9. The van der Waals surface area contributed by atoms with Gasteiger partial charge in [0.05, 0.1) is 17.7 Å². The molecule has 0 bridgehead atoms. The second-order valence-electron chi connectivity index (χ2n) is 14.1. The molecule has 0 radical (unpaired) electrons. The lowest BCUT2D eigenvalue weighted by Gasteiger charge is -2.62. The topological polar surface area (TPSA) is 118 Å². The molecule has 1 aromatic heterocycles. The maximum Gasteiger partial charge on any atom is 0.264 e. The molecule has 0 saturated heterocycles. The van der Waals surface area contributed by atoms with Crippen LogP contribution in [0.4, 0.5) is 5.69 Å². The number of aromatic hydroxyl groups is 1. The van der Waals surface area contributed by atoms with Crippen molar-refractivity contribution in [3.05, 3.63) is 22.7 Å². The first-order valence-electron chi connectivity index (χ1n) is 15.3. The maximum atomic E-state index is 12.7. The molecule has 1 heterocycles. The summed E-state index contributed by atoms with van der Waals surface area (Å²) in [6.45, 7) is 7.21. The van der Waals surface area contributed by atoms with E-state index in [0.29, 0.717) is 47.3 Å². The number of H-pyrrole nitrogens is 1. The normalized spacial score (nSPS) is 40.1. The van der Waals surface area contributed by atoms with Crippen LogP contribution in [0.25, 0.3) is 10.9 Å². The number of fused-ring (bicyclic) bond motifs is 6. The van der Waals surface area contributed by atoms with Gasteiger partial charge >= 0.3 is 0 Å². The number of carbonyl (C=O) groups excluding carboxylic acids is 1. The minimum absolute atomic E-state index is 0.0898. The molecule has 0 spiro atoms. The Labute approximate surface area is 245 Å². The molecule has 2 aromatic rings. The van der Waals surface area contributed by atoms with E-state index in [1.807, 2.05) is 18.2 Å². The molecule has 6 rings (SSSR count). The molecule has 7 nitrogen and oxygen atoms in total. The average Bonchev–Trinajstić information content (AvgIpc) is 3.42. The molecule has 4 fully saturated rings. The van der Waals surface area contributed by atoms with Crippen LogP contribution in [0, 0.1) is 46.3 Å². The number of hydrogen-bond acceptors (Lipinski definition) is 5. The molecular formula is C32H44BrN3O4. The Morgan fingerprint density at radius 1 is 1.10 bits per heavy atom. The first-order valence-corrected chi connectivity index (χ1v) is 16.1. The summed E-state index contributed by atoms with van der Waals surface area (Å²) in [7, 11) is 0. The van der Waals surface area contributed by atoms with Crippen molar-refractivity contribution >= 4 is 38.4 Å². The van der Waals surface area contributed by atoms with E-state index in [2.05, 4.69) is 51.9 Å². The van der Waals surface area contributed by atoms with Crippen LogP contribution in [0.5, 0.6) is 5.88 Å². The zero-order chi connectivity index (χ0) is 28.4. The largest absolute Gasteiger partial charge is 0.493 e. The number of aliphatic hydroxyl groups is 2. The van der Waals surface area contributed by atoms with Gasteiger partial charge < -0.3 is 20.3 Å². The number of nitrogens with one attached hydrogen (secondary N) is 1. The number of rotatable bonds is 5. The van der Waals surface area contributed by atoms with Gasteiger partial charge in [-0.1, -0.05) is 36.7 Å². The van der Waals surface area contributed by atoms with Gasteiger partial charge in [0.1, 0.15) is 0 Å². The van der Waals surface area contributed by atoms with Crippen molar-refractivity contribution < 1.29 is 20.1 Å². The molecule has 1 aromatic carbocycles. The fourth-order valence-electron chi connectivity index (χ4n) is 10.1. The molecule has 10 atom stereocenters. The fourth-order valence-corrected chi connectivity index (χ4v) is 10.5. The number of amides is 1. The molecule has 0 aliphatic heterocycles. The number of aliphatic hydroxyl groups excluding tert-OH is 2. The van der Waals surface area contributed by atoms with Crippen LogP contribution in [-0.4, -0.2) is 38.4 Å². The molecule has 40 heavy (non-hydrogen) atoms.